The molecule has 0 bridgehead atoms. The summed E-state index contributed by atoms with van der Waals surface area (Å²) in [6.45, 7) is 1.97. The van der Waals surface area contributed by atoms with Gasteiger partial charge in [-0.05, 0) is 30.2 Å². The van der Waals surface area contributed by atoms with Gasteiger partial charge in [0, 0.05) is 0 Å². The highest BCUT2D eigenvalue weighted by atomic mass is 19.4. The van der Waals surface area contributed by atoms with E-state index in [-0.39, 0.29) is 0 Å². The molecule has 0 saturated carbocycles. The molecular formula is C15H14F3N. The van der Waals surface area contributed by atoms with Crippen molar-refractivity contribution in [2.45, 2.75) is 19.1 Å². The minimum atomic E-state index is -4.31. The molecule has 0 aliphatic heterocycles. The lowest BCUT2D eigenvalue weighted by Crippen LogP contribution is -2.12. The second kappa shape index (κ2) is 5.05. The summed E-state index contributed by atoms with van der Waals surface area (Å²) in [6.07, 6.45) is -4.31. The first kappa shape index (κ1) is 13.6. The molecule has 0 radical (unpaired) electrons. The van der Waals surface area contributed by atoms with Gasteiger partial charge < -0.3 is 5.73 Å². The van der Waals surface area contributed by atoms with Gasteiger partial charge in [-0.25, -0.2) is 0 Å². The van der Waals surface area contributed by atoms with Gasteiger partial charge in [0.15, 0.2) is 0 Å². The van der Waals surface area contributed by atoms with Crippen LogP contribution in [0.2, 0.25) is 0 Å². The molecule has 0 unspecified atom stereocenters. The molecule has 0 aromatic heterocycles. The van der Waals surface area contributed by atoms with E-state index in [4.69, 9.17) is 5.73 Å². The highest BCUT2D eigenvalue weighted by Crippen LogP contribution is 2.30. The van der Waals surface area contributed by atoms with Crippen LogP contribution in [0.3, 0.4) is 0 Å². The first-order valence-corrected chi connectivity index (χ1v) is 5.87. The van der Waals surface area contributed by atoms with Crippen LogP contribution in [0.4, 0.5) is 13.2 Å². The van der Waals surface area contributed by atoms with Crippen molar-refractivity contribution in [1.29, 1.82) is 0 Å². The van der Waals surface area contributed by atoms with E-state index in [0.29, 0.717) is 5.56 Å². The molecule has 0 amide bonds. The van der Waals surface area contributed by atoms with Crippen LogP contribution in [-0.4, -0.2) is 0 Å². The van der Waals surface area contributed by atoms with Crippen LogP contribution >= 0.6 is 0 Å². The zero-order valence-electron chi connectivity index (χ0n) is 10.4. The van der Waals surface area contributed by atoms with E-state index < -0.39 is 17.8 Å². The maximum Gasteiger partial charge on any atom is 0.416 e. The van der Waals surface area contributed by atoms with Crippen molar-refractivity contribution in [1.82, 2.24) is 0 Å². The molecule has 2 rings (SSSR count). The lowest BCUT2D eigenvalue weighted by molar-refractivity contribution is -0.137. The van der Waals surface area contributed by atoms with E-state index in [9.17, 15) is 13.2 Å². The van der Waals surface area contributed by atoms with Crippen LogP contribution < -0.4 is 5.73 Å². The molecule has 4 heteroatoms. The first-order chi connectivity index (χ1) is 8.88. The molecule has 1 nitrogen and oxygen atoms in total. The van der Waals surface area contributed by atoms with Gasteiger partial charge in [0.1, 0.15) is 0 Å². The van der Waals surface area contributed by atoms with Crippen LogP contribution in [0.1, 0.15) is 28.3 Å². The molecule has 1 atom stereocenters. The third-order valence-electron chi connectivity index (χ3n) is 3.03. The van der Waals surface area contributed by atoms with Gasteiger partial charge in [-0.3, -0.25) is 0 Å². The van der Waals surface area contributed by atoms with Gasteiger partial charge in [-0.2, -0.15) is 13.2 Å². The van der Waals surface area contributed by atoms with E-state index in [1.54, 1.807) is 0 Å². The SMILES string of the molecule is Cc1ccc([C@H](N)c2ccc(C(F)(F)F)cc2)cc1. The Morgan fingerprint density at radius 3 is 1.68 bits per heavy atom. The predicted octanol–water partition coefficient (Wildman–Crippen LogP) is 4.06. The Kier molecular flexibility index (Phi) is 3.62. The number of nitrogens with two attached hydrogens (primary N) is 1. The van der Waals surface area contributed by atoms with Gasteiger partial charge in [-0.15, -0.1) is 0 Å². The van der Waals surface area contributed by atoms with Crippen molar-refractivity contribution < 1.29 is 13.2 Å². The van der Waals surface area contributed by atoms with Crippen LogP contribution in [0, 0.1) is 6.92 Å². The minimum absolute atomic E-state index is 0.414. The van der Waals surface area contributed by atoms with Gasteiger partial charge in [0.05, 0.1) is 11.6 Å². The Labute approximate surface area is 109 Å². The average molecular weight is 265 g/mol. The van der Waals surface area contributed by atoms with E-state index in [2.05, 4.69) is 0 Å². The fourth-order valence-corrected chi connectivity index (χ4v) is 1.85. The van der Waals surface area contributed by atoms with Crippen molar-refractivity contribution >= 4 is 0 Å². The monoisotopic (exact) mass is 265 g/mol. The molecule has 0 aliphatic rings. The number of hydrogen-bond donors (Lipinski definition) is 1. The van der Waals surface area contributed by atoms with Crippen molar-refractivity contribution in [3.05, 3.63) is 70.8 Å². The van der Waals surface area contributed by atoms with E-state index in [1.165, 1.54) is 12.1 Å². The zero-order chi connectivity index (χ0) is 14.0. The van der Waals surface area contributed by atoms with Crippen LogP contribution in [0.15, 0.2) is 48.5 Å². The second-order valence-electron chi connectivity index (χ2n) is 4.51. The summed E-state index contributed by atoms with van der Waals surface area (Å²) in [4.78, 5) is 0. The Morgan fingerprint density at radius 2 is 1.26 bits per heavy atom. The Balaban J connectivity index is 2.25. The van der Waals surface area contributed by atoms with Crippen molar-refractivity contribution in [2.75, 3.05) is 0 Å². The summed E-state index contributed by atoms with van der Waals surface area (Å²) in [5.74, 6) is 0. The summed E-state index contributed by atoms with van der Waals surface area (Å²) in [6, 6.07) is 12.2. The second-order valence-corrected chi connectivity index (χ2v) is 4.51. The van der Waals surface area contributed by atoms with Crippen LogP contribution in [-0.2, 0) is 6.18 Å². The molecule has 0 fully saturated rings. The Hall–Kier alpha value is -1.81. The highest BCUT2D eigenvalue weighted by Gasteiger charge is 2.30. The topological polar surface area (TPSA) is 26.0 Å². The number of halogens is 3. The summed E-state index contributed by atoms with van der Waals surface area (Å²) < 4.78 is 37.4. The predicted molar refractivity (Wildman–Crippen MR) is 68.7 cm³/mol. The molecule has 0 heterocycles. The smallest absolute Gasteiger partial charge is 0.320 e. The normalized spacial score (nSPS) is 13.3. The number of benzene rings is 2. The maximum atomic E-state index is 12.5. The van der Waals surface area contributed by atoms with Crippen LogP contribution in [0.25, 0.3) is 0 Å². The fourth-order valence-electron chi connectivity index (χ4n) is 1.85. The summed E-state index contributed by atoms with van der Waals surface area (Å²) in [5.41, 5.74) is 8.04. The number of rotatable bonds is 2. The van der Waals surface area contributed by atoms with Crippen molar-refractivity contribution in [3.8, 4) is 0 Å². The third-order valence-corrected chi connectivity index (χ3v) is 3.03. The Morgan fingerprint density at radius 1 is 0.842 bits per heavy atom. The average Bonchev–Trinajstić information content (AvgIpc) is 2.38. The number of hydrogen-bond acceptors (Lipinski definition) is 1. The van der Waals surface area contributed by atoms with Gasteiger partial charge in [0.2, 0.25) is 0 Å². The highest BCUT2D eigenvalue weighted by molar-refractivity contribution is 5.34. The first-order valence-electron chi connectivity index (χ1n) is 5.87. The van der Waals surface area contributed by atoms with Crippen molar-refractivity contribution in [3.63, 3.8) is 0 Å². The molecule has 0 saturated heterocycles. The zero-order valence-corrected chi connectivity index (χ0v) is 10.4. The minimum Gasteiger partial charge on any atom is -0.320 e. The summed E-state index contributed by atoms with van der Waals surface area (Å²) >= 11 is 0. The molecule has 19 heavy (non-hydrogen) atoms. The molecule has 0 spiro atoms. The van der Waals surface area contributed by atoms with Crippen molar-refractivity contribution in [2.24, 2.45) is 5.73 Å². The van der Waals surface area contributed by atoms with Gasteiger partial charge in [-0.1, -0.05) is 42.0 Å². The maximum absolute atomic E-state index is 12.5. The van der Waals surface area contributed by atoms with Gasteiger partial charge >= 0.3 is 6.18 Å². The molecule has 100 valence electrons. The number of aryl methyl sites for hydroxylation is 1. The van der Waals surface area contributed by atoms with E-state index >= 15 is 0 Å². The third kappa shape index (κ3) is 3.15. The van der Waals surface area contributed by atoms with Gasteiger partial charge in [0.25, 0.3) is 0 Å². The lowest BCUT2D eigenvalue weighted by Gasteiger charge is -2.14. The van der Waals surface area contributed by atoms with Crippen LogP contribution in [0.5, 0.6) is 0 Å². The molecule has 0 aliphatic carbocycles. The van der Waals surface area contributed by atoms with E-state index in [0.717, 1.165) is 23.3 Å². The largest absolute Gasteiger partial charge is 0.416 e. The lowest BCUT2D eigenvalue weighted by atomic mass is 9.98. The number of alkyl halides is 3. The van der Waals surface area contributed by atoms with E-state index in [1.807, 2.05) is 31.2 Å². The molecular weight excluding hydrogens is 251 g/mol. The molecule has 2 aromatic carbocycles. The fraction of sp³-hybridized carbons (Fsp3) is 0.200. The Bertz CT molecular complexity index is 541. The standard InChI is InChI=1S/C15H14F3N/c1-10-2-4-11(5-3-10)14(19)12-6-8-13(9-7-12)15(16,17)18/h2-9,14H,19H2,1H3/t14-/m0/s1. The summed E-state index contributed by atoms with van der Waals surface area (Å²) in [7, 11) is 0. The molecule has 2 N–H and O–H groups in total. The quantitative estimate of drug-likeness (QED) is 0.870. The summed E-state index contributed by atoms with van der Waals surface area (Å²) in [5, 5.41) is 0. The molecule has 2 aromatic rings.